The molecule has 3 aromatic rings. The van der Waals surface area contributed by atoms with Crippen LogP contribution in [0.4, 0.5) is 22.0 Å². The zero-order valence-electron chi connectivity index (χ0n) is 19.5. The number of nitrogens with zero attached hydrogens (tertiary/aromatic N) is 5. The Balaban J connectivity index is 1.79. The molecule has 4 N–H and O–H groups in total. The highest BCUT2D eigenvalue weighted by atomic mass is 35.5. The quantitative estimate of drug-likeness (QED) is 0.349. The number of anilines is 3. The third-order valence-electron chi connectivity index (χ3n) is 6.24. The summed E-state index contributed by atoms with van der Waals surface area (Å²) in [5, 5.41) is 15.6. The number of nitrogens with one attached hydrogen (secondary N) is 2. The topological polar surface area (TPSA) is 135 Å². The Morgan fingerprint density at radius 1 is 1.34 bits per heavy atom. The van der Waals surface area contributed by atoms with E-state index in [1.807, 2.05) is 17.6 Å². The van der Waals surface area contributed by atoms with Crippen LogP contribution in [0, 0.1) is 17.1 Å². The van der Waals surface area contributed by atoms with E-state index in [2.05, 4.69) is 20.6 Å². The molecule has 0 unspecified atom stereocenters. The Hall–Kier alpha value is -3.45. The van der Waals surface area contributed by atoms with Crippen molar-refractivity contribution in [1.29, 1.82) is 5.26 Å². The monoisotopic (exact) mass is 498 g/mol. The van der Waals surface area contributed by atoms with E-state index in [0.717, 1.165) is 31.7 Å². The summed E-state index contributed by atoms with van der Waals surface area (Å²) in [5.74, 6) is -0.249. The van der Waals surface area contributed by atoms with E-state index in [4.69, 9.17) is 27.6 Å². The minimum Gasteiger partial charge on any atom is -0.370 e. The summed E-state index contributed by atoms with van der Waals surface area (Å²) in [6.45, 7) is 2.04. The van der Waals surface area contributed by atoms with Crippen LogP contribution < -0.4 is 16.4 Å². The lowest BCUT2D eigenvalue weighted by atomic mass is 10.1. The number of nitrogens with two attached hydrogens (primary N) is 1. The number of benzene rings is 1. The zero-order chi connectivity index (χ0) is 24.9. The number of halogens is 2. The molecule has 1 fully saturated rings. The first-order valence-corrected chi connectivity index (χ1v) is 12.2. The lowest BCUT2D eigenvalue weighted by Gasteiger charge is -2.21. The second-order valence-corrected chi connectivity index (χ2v) is 9.24. The predicted octanol–water partition coefficient (Wildman–Crippen LogP) is 5.20. The zero-order valence-corrected chi connectivity index (χ0v) is 20.3. The number of hydrogen-bond acceptors (Lipinski definition) is 7. The normalized spacial score (nSPS) is 14.7. The molecule has 0 radical (unpaired) electrons. The molecular formula is C24H28ClFN8O. The Morgan fingerprint density at radius 2 is 2.11 bits per heavy atom. The van der Waals surface area contributed by atoms with Crippen LogP contribution in [0.15, 0.2) is 18.3 Å². The molecule has 0 bridgehead atoms. The van der Waals surface area contributed by atoms with Gasteiger partial charge < -0.3 is 16.4 Å². The first-order valence-electron chi connectivity index (χ1n) is 11.9. The van der Waals surface area contributed by atoms with Crippen molar-refractivity contribution < 1.29 is 9.18 Å². The maximum atomic E-state index is 14.8. The molecule has 0 spiro atoms. The first kappa shape index (κ1) is 24.7. The number of carbonyl (C=O) groups is 1. The van der Waals surface area contributed by atoms with Gasteiger partial charge in [-0.3, -0.25) is 9.36 Å². The highest BCUT2D eigenvalue weighted by molar-refractivity contribution is 6.33. The average Bonchev–Trinajstić information content (AvgIpc) is 3.46. The van der Waals surface area contributed by atoms with Gasteiger partial charge in [-0.15, -0.1) is 0 Å². The number of fused-ring (bicyclic) bond motifs is 1. The second kappa shape index (κ2) is 10.9. The van der Waals surface area contributed by atoms with E-state index in [9.17, 15) is 9.18 Å². The number of nitriles is 1. The predicted molar refractivity (Wildman–Crippen MR) is 133 cm³/mol. The molecule has 1 atom stereocenters. The van der Waals surface area contributed by atoms with Gasteiger partial charge in [0.1, 0.15) is 11.3 Å². The molecule has 1 aliphatic rings. The number of hydrogen-bond donors (Lipinski definition) is 3. The summed E-state index contributed by atoms with van der Waals surface area (Å²) < 4.78 is 16.7. The van der Waals surface area contributed by atoms with Crippen molar-refractivity contribution in [3.05, 3.63) is 34.7 Å². The Morgan fingerprint density at radius 3 is 2.77 bits per heavy atom. The smallest absolute Gasteiger partial charge is 0.224 e. The minimum atomic E-state index is -0.675. The summed E-state index contributed by atoms with van der Waals surface area (Å²) in [5.41, 5.74) is 6.65. The van der Waals surface area contributed by atoms with E-state index < -0.39 is 11.7 Å². The molecule has 2 aromatic heterocycles. The third kappa shape index (κ3) is 5.62. The van der Waals surface area contributed by atoms with Gasteiger partial charge in [0.25, 0.3) is 0 Å². The standard InChI is InChI=1S/C24H28ClFN8O/c1-2-5-16(8-9-20(28)35)34-22-19(13-29-23(33-22)30-15-6-3-4-7-15)31-24(34)32-21-17(25)10-14(12-27)11-18(21)26/h10-11,13,15-16H,2-9H2,1H3,(H2,28,35)(H,31,32)(H,29,30,33)/t16-/m0/s1. The second-order valence-electron chi connectivity index (χ2n) is 8.83. The number of rotatable bonds is 10. The molecule has 0 aliphatic heterocycles. The molecule has 0 saturated heterocycles. The Bertz CT molecular complexity index is 1240. The van der Waals surface area contributed by atoms with Gasteiger partial charge in [-0.2, -0.15) is 10.2 Å². The average molecular weight is 499 g/mol. The van der Waals surface area contributed by atoms with Crippen molar-refractivity contribution in [1.82, 2.24) is 19.5 Å². The molecule has 184 valence electrons. The fraction of sp³-hybridized carbons (Fsp3) is 0.458. The molecule has 2 heterocycles. The van der Waals surface area contributed by atoms with E-state index >= 15 is 0 Å². The largest absolute Gasteiger partial charge is 0.370 e. The Labute approximate surface area is 207 Å². The van der Waals surface area contributed by atoms with Crippen LogP contribution in [0.5, 0.6) is 0 Å². The van der Waals surface area contributed by atoms with Gasteiger partial charge in [0.15, 0.2) is 5.65 Å². The highest BCUT2D eigenvalue weighted by Crippen LogP contribution is 2.34. The van der Waals surface area contributed by atoms with Gasteiger partial charge in [0.2, 0.25) is 17.8 Å². The summed E-state index contributed by atoms with van der Waals surface area (Å²) in [6.07, 6.45) is 8.36. The minimum absolute atomic E-state index is 0.00429. The molecular weight excluding hydrogens is 471 g/mol. The van der Waals surface area contributed by atoms with E-state index in [1.54, 1.807) is 6.20 Å². The number of amides is 1. The van der Waals surface area contributed by atoms with E-state index in [1.165, 1.54) is 18.9 Å². The summed E-state index contributed by atoms with van der Waals surface area (Å²) in [4.78, 5) is 25.4. The fourth-order valence-corrected chi connectivity index (χ4v) is 4.82. The molecule has 1 aromatic carbocycles. The van der Waals surface area contributed by atoms with Crippen LogP contribution in [0.3, 0.4) is 0 Å². The van der Waals surface area contributed by atoms with Crippen molar-refractivity contribution in [2.75, 3.05) is 10.6 Å². The van der Waals surface area contributed by atoms with Crippen LogP contribution >= 0.6 is 11.6 Å². The van der Waals surface area contributed by atoms with Crippen LogP contribution in [-0.2, 0) is 4.79 Å². The molecule has 35 heavy (non-hydrogen) atoms. The van der Waals surface area contributed by atoms with Crippen LogP contribution in [-0.4, -0.2) is 31.5 Å². The molecule has 1 amide bonds. The summed E-state index contributed by atoms with van der Waals surface area (Å²) >= 11 is 6.29. The number of primary amides is 1. The third-order valence-corrected chi connectivity index (χ3v) is 6.54. The van der Waals surface area contributed by atoms with Crippen molar-refractivity contribution in [3.63, 3.8) is 0 Å². The number of carbonyl (C=O) groups excluding carboxylic acids is 1. The lowest BCUT2D eigenvalue weighted by Crippen LogP contribution is -2.19. The highest BCUT2D eigenvalue weighted by Gasteiger charge is 2.24. The van der Waals surface area contributed by atoms with Gasteiger partial charge in [-0.25, -0.2) is 14.4 Å². The van der Waals surface area contributed by atoms with Crippen molar-refractivity contribution >= 4 is 46.3 Å². The van der Waals surface area contributed by atoms with Gasteiger partial charge in [0, 0.05) is 18.5 Å². The van der Waals surface area contributed by atoms with Crippen LogP contribution in [0.2, 0.25) is 5.02 Å². The SMILES string of the molecule is CCC[C@@H](CCC(N)=O)n1c(Nc2c(F)cc(C#N)cc2Cl)nc2cnc(NC3CCCC3)nc21. The molecule has 9 nitrogen and oxygen atoms in total. The van der Waals surface area contributed by atoms with Crippen molar-refractivity contribution in [3.8, 4) is 6.07 Å². The molecule has 4 rings (SSSR count). The van der Waals surface area contributed by atoms with Crippen molar-refractivity contribution in [2.24, 2.45) is 5.73 Å². The molecule has 1 saturated carbocycles. The van der Waals surface area contributed by atoms with Gasteiger partial charge in [-0.1, -0.05) is 37.8 Å². The van der Waals surface area contributed by atoms with E-state index in [-0.39, 0.29) is 28.7 Å². The van der Waals surface area contributed by atoms with Crippen LogP contribution in [0.1, 0.15) is 69.9 Å². The fourth-order valence-electron chi connectivity index (χ4n) is 4.56. The maximum absolute atomic E-state index is 14.8. The first-order chi connectivity index (χ1) is 16.9. The van der Waals surface area contributed by atoms with Gasteiger partial charge >= 0.3 is 0 Å². The van der Waals surface area contributed by atoms with Crippen LogP contribution in [0.25, 0.3) is 11.2 Å². The molecule has 11 heteroatoms. The maximum Gasteiger partial charge on any atom is 0.224 e. The molecule has 1 aliphatic carbocycles. The summed E-state index contributed by atoms with van der Waals surface area (Å²) in [6, 6.07) is 4.55. The Kier molecular flexibility index (Phi) is 7.66. The van der Waals surface area contributed by atoms with Crippen molar-refractivity contribution in [2.45, 2.75) is 70.4 Å². The summed E-state index contributed by atoms with van der Waals surface area (Å²) in [7, 11) is 0. The number of imidazole rings is 1. The van der Waals surface area contributed by atoms with Gasteiger partial charge in [0.05, 0.1) is 28.5 Å². The number of aromatic nitrogens is 4. The lowest BCUT2D eigenvalue weighted by molar-refractivity contribution is -0.118. The van der Waals surface area contributed by atoms with E-state index in [0.29, 0.717) is 35.5 Å². The van der Waals surface area contributed by atoms with Gasteiger partial charge in [-0.05, 0) is 37.8 Å².